The van der Waals surface area contributed by atoms with Crippen molar-refractivity contribution in [2.45, 2.75) is 391 Å². The van der Waals surface area contributed by atoms with Crippen LogP contribution in [0.4, 0.5) is 0 Å². The number of hydrogen-bond donors (Lipinski definition) is 2. The number of ether oxygens (including phenoxy) is 4. The zero-order valence-corrected chi connectivity index (χ0v) is 71.1. The Labute approximate surface area is 637 Å². The topological polar surface area (TPSA) is 83.9 Å². The molecule has 2 N–H and O–H groups in total. The standard InChI is InChI=1S/C94H182N2O6/c1-73-25-15-33-81(9)89-49-45-85(65-89)37-19-29-77(5)53-61-99-71-93(69-95(13)57-23-59-97)101-63-55-79(7)31-21-39-87-47-51-91(67-87)83(11)35-17-27-75(3)43-44-76(4)28-18-36-84(12)92-52-48-88(68-92)40-22-32-80(8)56-64-102-94(70-96(14)58-24-60-98)72-100-62-54-78(6)30-20-38-86-46-50-90(66-86)82(10)34-16-26-74(2)42-41-73/h73-94,97-98H,15-72H2,1-14H3. The number of nitrogens with zero attached hydrogens (tertiary/aromatic N) is 2. The summed E-state index contributed by atoms with van der Waals surface area (Å²) in [7, 11) is 4.35. The molecule has 1 saturated heterocycles. The minimum absolute atomic E-state index is 0.0901. The Hall–Kier alpha value is -0.320. The smallest absolute Gasteiger partial charge is 0.0934 e. The monoisotopic (exact) mass is 1440 g/mol. The molecule has 0 aromatic carbocycles. The molecule has 0 radical (unpaired) electrons. The highest BCUT2D eigenvalue weighted by Crippen LogP contribution is 2.45. The van der Waals surface area contributed by atoms with Gasteiger partial charge in [-0.1, -0.05) is 289 Å². The van der Waals surface area contributed by atoms with E-state index in [0.717, 1.165) is 186 Å². The fourth-order valence-corrected chi connectivity index (χ4v) is 20.7. The molecule has 0 aromatic heterocycles. The van der Waals surface area contributed by atoms with Crippen molar-refractivity contribution in [3.63, 3.8) is 0 Å². The lowest BCUT2D eigenvalue weighted by Gasteiger charge is -2.25. The summed E-state index contributed by atoms with van der Waals surface area (Å²) in [5.74, 6) is 17.5. The van der Waals surface area contributed by atoms with Crippen LogP contribution < -0.4 is 0 Å². The molecule has 5 rings (SSSR count). The molecule has 0 spiro atoms. The molecule has 4 saturated carbocycles. The van der Waals surface area contributed by atoms with Crippen molar-refractivity contribution in [2.75, 3.05) is 93.1 Å². The number of likely N-dealkylation sites (N-methyl/N-ethyl adjacent to an activating group) is 2. The van der Waals surface area contributed by atoms with Crippen LogP contribution in [0.5, 0.6) is 0 Å². The third-order valence-corrected chi connectivity index (χ3v) is 29.0. The van der Waals surface area contributed by atoms with Gasteiger partial charge in [-0.25, -0.2) is 0 Å². The van der Waals surface area contributed by atoms with Crippen molar-refractivity contribution in [1.82, 2.24) is 9.80 Å². The van der Waals surface area contributed by atoms with Gasteiger partial charge in [0.05, 0.1) is 25.4 Å². The summed E-state index contributed by atoms with van der Waals surface area (Å²) in [5, 5.41) is 19.1. The number of aliphatic hydroxyl groups is 2. The highest BCUT2D eigenvalue weighted by molar-refractivity contribution is 4.84. The van der Waals surface area contributed by atoms with Gasteiger partial charge in [-0.15, -0.1) is 0 Å². The number of hydrogen-bond acceptors (Lipinski definition) is 8. The lowest BCUT2D eigenvalue weighted by atomic mass is 9.84. The van der Waals surface area contributed by atoms with Gasteiger partial charge in [0.25, 0.3) is 0 Å². The summed E-state index contributed by atoms with van der Waals surface area (Å²) in [4.78, 5) is 4.66. The maximum atomic E-state index is 9.53. The first-order valence-corrected chi connectivity index (χ1v) is 46.2. The Balaban J connectivity index is 1.02. The Kier molecular flexibility index (Phi) is 50.6. The van der Waals surface area contributed by atoms with Crippen LogP contribution in [0.25, 0.3) is 0 Å². The molecule has 5 fully saturated rings. The van der Waals surface area contributed by atoms with E-state index >= 15 is 0 Å². The van der Waals surface area contributed by atoms with Crippen molar-refractivity contribution >= 4 is 0 Å². The number of rotatable bonds is 10. The van der Waals surface area contributed by atoms with Crippen LogP contribution in [0.15, 0.2) is 0 Å². The second kappa shape index (κ2) is 56.0. The van der Waals surface area contributed by atoms with Gasteiger partial charge < -0.3 is 39.0 Å². The summed E-state index contributed by atoms with van der Waals surface area (Å²) < 4.78 is 26.1. The van der Waals surface area contributed by atoms with Gasteiger partial charge in [0.2, 0.25) is 0 Å². The van der Waals surface area contributed by atoms with Crippen molar-refractivity contribution in [3.05, 3.63) is 0 Å². The van der Waals surface area contributed by atoms with Gasteiger partial charge in [-0.2, -0.15) is 0 Å². The molecule has 1 heterocycles. The van der Waals surface area contributed by atoms with Gasteiger partial charge in [-0.3, -0.25) is 0 Å². The summed E-state index contributed by atoms with van der Waals surface area (Å²) >= 11 is 0. The Bertz CT molecular complexity index is 1810. The molecule has 5 aliphatic rings. The quantitative estimate of drug-likeness (QED) is 0.224. The first-order valence-electron chi connectivity index (χ1n) is 46.2. The maximum absolute atomic E-state index is 9.53. The largest absolute Gasteiger partial charge is 0.396 e. The molecule has 1 aliphatic heterocycles. The van der Waals surface area contributed by atoms with Crippen molar-refractivity contribution in [3.8, 4) is 0 Å². The zero-order valence-electron chi connectivity index (χ0n) is 71.1. The van der Waals surface area contributed by atoms with Gasteiger partial charge in [0, 0.05) is 65.8 Å². The minimum atomic E-state index is 0.0901. The molecule has 604 valence electrons. The van der Waals surface area contributed by atoms with E-state index in [4.69, 9.17) is 18.9 Å². The third kappa shape index (κ3) is 42.2. The Morgan fingerprint density at radius 1 is 0.265 bits per heavy atom. The van der Waals surface area contributed by atoms with Crippen LogP contribution in [0, 0.1) is 118 Å². The molecular weight excluding hydrogens is 1250 g/mol. The Morgan fingerprint density at radius 2 is 0.500 bits per heavy atom. The van der Waals surface area contributed by atoms with Crippen LogP contribution in [0.1, 0.15) is 378 Å². The molecule has 0 amide bonds. The van der Waals surface area contributed by atoms with E-state index in [2.05, 4.69) is 107 Å². The lowest BCUT2D eigenvalue weighted by molar-refractivity contribution is -0.0354. The van der Waals surface area contributed by atoms with Crippen LogP contribution >= 0.6 is 0 Å². The summed E-state index contributed by atoms with van der Waals surface area (Å²) in [6.07, 6.45) is 63.5. The molecular formula is C94H182N2O6. The Morgan fingerprint density at radius 3 is 0.755 bits per heavy atom. The fourth-order valence-electron chi connectivity index (χ4n) is 20.7. The van der Waals surface area contributed by atoms with Gasteiger partial charge in [0.1, 0.15) is 0 Å². The molecule has 22 unspecified atom stereocenters. The SMILES string of the molecule is CC1CCCC2CCC(C2)C(C)CCCC(C)CCC(C)CCCC(C)C2CCC(CCCC(C)CCOCC(CN(C)CCCO)OCCC(C)CCCC3CCC(C3)C(C)CCCC(C)CCC(C)CCCC(C)C3CCC(CCCC(C)CCOC(CN(C)CCCO)COCC1)C3)C2. The van der Waals surface area contributed by atoms with Crippen molar-refractivity contribution in [1.29, 1.82) is 0 Å². The molecule has 0 aromatic rings. The van der Waals surface area contributed by atoms with E-state index in [1.165, 1.54) is 257 Å². The second-order valence-electron chi connectivity index (χ2n) is 39.1. The van der Waals surface area contributed by atoms with Crippen LogP contribution in [-0.4, -0.2) is 125 Å². The van der Waals surface area contributed by atoms with Crippen molar-refractivity contribution < 1.29 is 29.2 Å². The van der Waals surface area contributed by atoms with Crippen LogP contribution in [0.3, 0.4) is 0 Å². The summed E-state index contributed by atoms with van der Waals surface area (Å²) in [6, 6.07) is 0. The predicted octanol–water partition coefficient (Wildman–Crippen LogP) is 25.2. The zero-order chi connectivity index (χ0) is 73.7. The normalized spacial score (nSPS) is 37.9. The third-order valence-electron chi connectivity index (χ3n) is 29.0. The molecule has 8 heteroatoms. The van der Waals surface area contributed by atoms with Gasteiger partial charge in [-0.05, 0) is 222 Å². The molecule has 4 aliphatic carbocycles. The number of fused-ring (bicyclic) bond motifs is 8. The van der Waals surface area contributed by atoms with E-state index in [-0.39, 0.29) is 25.4 Å². The van der Waals surface area contributed by atoms with Crippen LogP contribution in [-0.2, 0) is 18.9 Å². The highest BCUT2D eigenvalue weighted by atomic mass is 16.5. The highest BCUT2D eigenvalue weighted by Gasteiger charge is 2.33. The molecule has 22 atom stereocenters. The summed E-state index contributed by atoms with van der Waals surface area (Å²) in [5.41, 5.74) is 0. The minimum Gasteiger partial charge on any atom is -0.396 e. The van der Waals surface area contributed by atoms with Crippen LogP contribution in [0.2, 0.25) is 0 Å². The van der Waals surface area contributed by atoms with E-state index < -0.39 is 0 Å². The molecule has 8 bridgehead atoms. The fraction of sp³-hybridized carbons (Fsp3) is 1.00. The number of aliphatic hydroxyl groups excluding tert-OH is 2. The van der Waals surface area contributed by atoms with E-state index in [9.17, 15) is 10.2 Å². The van der Waals surface area contributed by atoms with Crippen molar-refractivity contribution in [2.24, 2.45) is 118 Å². The lowest BCUT2D eigenvalue weighted by Crippen LogP contribution is -2.35. The molecule has 102 heavy (non-hydrogen) atoms. The van der Waals surface area contributed by atoms with Gasteiger partial charge >= 0.3 is 0 Å². The van der Waals surface area contributed by atoms with E-state index in [1.807, 2.05) is 0 Å². The van der Waals surface area contributed by atoms with Gasteiger partial charge in [0.15, 0.2) is 0 Å². The maximum Gasteiger partial charge on any atom is 0.0934 e. The second-order valence-corrected chi connectivity index (χ2v) is 39.1. The predicted molar refractivity (Wildman–Crippen MR) is 441 cm³/mol. The average molecular weight is 1440 g/mol. The molecule has 8 nitrogen and oxygen atoms in total. The van der Waals surface area contributed by atoms with E-state index in [0.29, 0.717) is 36.9 Å². The first kappa shape index (κ1) is 92.3. The summed E-state index contributed by atoms with van der Waals surface area (Å²) in [6.45, 7) is 39.2. The first-order chi connectivity index (χ1) is 49.2. The average Bonchev–Trinajstić information content (AvgIpc) is 1.79. The van der Waals surface area contributed by atoms with E-state index in [1.54, 1.807) is 0 Å².